The number of rotatable bonds is 7. The Morgan fingerprint density at radius 1 is 1.00 bits per heavy atom. The van der Waals surface area contributed by atoms with E-state index in [1.807, 2.05) is 0 Å². The third-order valence-electron chi connectivity index (χ3n) is 4.16. The molecule has 0 aliphatic heterocycles. The number of benzene rings is 3. The highest BCUT2D eigenvalue weighted by molar-refractivity contribution is 9.10. The molecule has 0 aliphatic carbocycles. The van der Waals surface area contributed by atoms with E-state index in [1.54, 1.807) is 24.3 Å². The highest BCUT2D eigenvalue weighted by Crippen LogP contribution is 2.36. The number of carbonyl (C=O) groups is 1. The third kappa shape index (κ3) is 6.86. The zero-order chi connectivity index (χ0) is 24.2. The molecule has 0 unspecified atom stereocenters. The summed E-state index contributed by atoms with van der Waals surface area (Å²) in [6.07, 6.45) is -4.71. The summed E-state index contributed by atoms with van der Waals surface area (Å²) in [4.78, 5) is 12.0. The lowest BCUT2D eigenvalue weighted by atomic mass is 10.1. The molecule has 6 nitrogen and oxygen atoms in total. The van der Waals surface area contributed by atoms with E-state index in [1.165, 1.54) is 30.3 Å². The highest BCUT2D eigenvalue weighted by Gasteiger charge is 2.34. The third-order valence-corrected chi connectivity index (χ3v) is 6.32. The van der Waals surface area contributed by atoms with Crippen LogP contribution in [0.5, 0.6) is 5.75 Å². The van der Waals surface area contributed by atoms with Gasteiger partial charge in [0.2, 0.25) is 0 Å². The van der Waals surface area contributed by atoms with E-state index in [4.69, 9.17) is 16.3 Å². The lowest BCUT2D eigenvalue weighted by molar-refractivity contribution is -0.137. The van der Waals surface area contributed by atoms with E-state index in [0.29, 0.717) is 11.8 Å². The number of halogens is 5. The van der Waals surface area contributed by atoms with Crippen molar-refractivity contribution in [3.05, 3.63) is 81.8 Å². The van der Waals surface area contributed by atoms with Gasteiger partial charge in [0, 0.05) is 15.2 Å². The Hall–Kier alpha value is -2.76. The zero-order valence-electron chi connectivity index (χ0n) is 16.5. The molecule has 0 atom stereocenters. The summed E-state index contributed by atoms with van der Waals surface area (Å²) in [5, 5.41) is 2.01. The molecule has 3 aromatic carbocycles. The minimum Gasteiger partial charge on any atom is -0.484 e. The molecule has 174 valence electrons. The molecule has 33 heavy (non-hydrogen) atoms. The van der Waals surface area contributed by atoms with Gasteiger partial charge in [-0.2, -0.15) is 13.2 Å². The van der Waals surface area contributed by atoms with E-state index in [9.17, 15) is 26.4 Å². The second kappa shape index (κ2) is 10.0. The molecule has 0 radical (unpaired) electrons. The first kappa shape index (κ1) is 24.9. The molecule has 0 spiro atoms. The average molecular weight is 564 g/mol. The first-order chi connectivity index (χ1) is 15.4. The Labute approximate surface area is 200 Å². The van der Waals surface area contributed by atoms with Crippen LogP contribution in [-0.2, 0) is 21.0 Å². The minimum atomic E-state index is -4.71. The van der Waals surface area contributed by atoms with Gasteiger partial charge in [-0.25, -0.2) is 8.42 Å². The summed E-state index contributed by atoms with van der Waals surface area (Å²) < 4.78 is 72.8. The Morgan fingerprint density at radius 2 is 1.64 bits per heavy atom. The van der Waals surface area contributed by atoms with Crippen molar-refractivity contribution >= 4 is 54.8 Å². The Kier molecular flexibility index (Phi) is 7.55. The molecule has 2 N–H and O–H groups in total. The number of carbonyl (C=O) groups excluding carboxylic acids is 1. The van der Waals surface area contributed by atoms with Crippen molar-refractivity contribution in [3.8, 4) is 5.75 Å². The maximum atomic E-state index is 13.1. The van der Waals surface area contributed by atoms with E-state index in [-0.39, 0.29) is 15.7 Å². The average Bonchev–Trinajstić information content (AvgIpc) is 2.74. The van der Waals surface area contributed by atoms with Crippen molar-refractivity contribution in [2.24, 2.45) is 0 Å². The van der Waals surface area contributed by atoms with Gasteiger partial charge in [0.25, 0.3) is 15.9 Å². The largest absolute Gasteiger partial charge is 0.484 e. The van der Waals surface area contributed by atoms with Gasteiger partial charge < -0.3 is 10.1 Å². The SMILES string of the molecule is O=C(COc1ccc(S(=O)(=O)Nc2ccc(Br)cc2)cc1)Nc1ccc(Cl)cc1C(F)(F)F. The van der Waals surface area contributed by atoms with Crippen molar-refractivity contribution in [2.45, 2.75) is 11.1 Å². The summed E-state index contributed by atoms with van der Waals surface area (Å²) in [5.41, 5.74) is -1.17. The Morgan fingerprint density at radius 3 is 2.24 bits per heavy atom. The van der Waals surface area contributed by atoms with Crippen molar-refractivity contribution in [1.82, 2.24) is 0 Å². The number of anilines is 2. The molecular formula is C21H15BrClF3N2O4S. The summed E-state index contributed by atoms with van der Waals surface area (Å²) in [6.45, 7) is -0.594. The maximum Gasteiger partial charge on any atom is 0.418 e. The van der Waals surface area contributed by atoms with Crippen molar-refractivity contribution in [1.29, 1.82) is 0 Å². The number of amides is 1. The zero-order valence-corrected chi connectivity index (χ0v) is 19.6. The summed E-state index contributed by atoms with van der Waals surface area (Å²) in [7, 11) is -3.85. The van der Waals surface area contributed by atoms with Gasteiger partial charge in [-0.3, -0.25) is 9.52 Å². The van der Waals surface area contributed by atoms with Gasteiger partial charge in [0.15, 0.2) is 6.61 Å². The van der Waals surface area contributed by atoms with Gasteiger partial charge in [0.1, 0.15) is 5.75 Å². The monoisotopic (exact) mass is 562 g/mol. The number of sulfonamides is 1. The molecule has 12 heteroatoms. The smallest absolute Gasteiger partial charge is 0.418 e. The molecule has 0 aromatic heterocycles. The van der Waals surface area contributed by atoms with Crippen LogP contribution in [0.15, 0.2) is 76.1 Å². The molecule has 0 aliphatic rings. The van der Waals surface area contributed by atoms with Gasteiger partial charge >= 0.3 is 6.18 Å². The lowest BCUT2D eigenvalue weighted by Crippen LogP contribution is -2.22. The van der Waals surface area contributed by atoms with Gasteiger partial charge in [-0.15, -0.1) is 0 Å². The number of ether oxygens (including phenoxy) is 1. The fourth-order valence-corrected chi connectivity index (χ4v) is 4.14. The van der Waals surface area contributed by atoms with Crippen LogP contribution < -0.4 is 14.8 Å². The quantitative estimate of drug-likeness (QED) is 0.373. The number of hydrogen-bond acceptors (Lipinski definition) is 4. The first-order valence-electron chi connectivity index (χ1n) is 9.12. The van der Waals surface area contributed by atoms with Gasteiger partial charge in [-0.1, -0.05) is 27.5 Å². The second-order valence-corrected chi connectivity index (χ2v) is 9.64. The molecule has 0 saturated carbocycles. The second-order valence-electron chi connectivity index (χ2n) is 6.61. The molecular weight excluding hydrogens is 549 g/mol. The van der Waals surface area contributed by atoms with Crippen molar-refractivity contribution < 1.29 is 31.1 Å². The van der Waals surface area contributed by atoms with Crippen LogP contribution >= 0.6 is 27.5 Å². The molecule has 0 fully saturated rings. The van der Waals surface area contributed by atoms with Crippen LogP contribution in [0.25, 0.3) is 0 Å². The van der Waals surface area contributed by atoms with Crippen LogP contribution in [0.2, 0.25) is 5.02 Å². The van der Waals surface area contributed by atoms with Crippen LogP contribution in [0.3, 0.4) is 0 Å². The Balaban J connectivity index is 1.62. The molecule has 1 amide bonds. The molecule has 0 bridgehead atoms. The van der Waals surface area contributed by atoms with Crippen LogP contribution in [0.4, 0.5) is 24.5 Å². The van der Waals surface area contributed by atoms with E-state index >= 15 is 0 Å². The van der Waals surface area contributed by atoms with E-state index < -0.39 is 40.0 Å². The number of hydrogen-bond donors (Lipinski definition) is 2. The highest BCUT2D eigenvalue weighted by atomic mass is 79.9. The molecule has 0 saturated heterocycles. The predicted octanol–water partition coefficient (Wildman–Crippen LogP) is 5.94. The summed E-state index contributed by atoms with van der Waals surface area (Å²) in [5.74, 6) is -0.684. The van der Waals surface area contributed by atoms with Crippen LogP contribution in [0, 0.1) is 0 Å². The fraction of sp³-hybridized carbons (Fsp3) is 0.0952. The van der Waals surface area contributed by atoms with Crippen molar-refractivity contribution in [3.63, 3.8) is 0 Å². The molecule has 0 heterocycles. The Bertz CT molecular complexity index is 1250. The number of nitrogens with one attached hydrogen (secondary N) is 2. The van der Waals surface area contributed by atoms with Crippen LogP contribution in [0.1, 0.15) is 5.56 Å². The summed E-state index contributed by atoms with van der Waals surface area (Å²) in [6, 6.07) is 14.7. The normalized spacial score (nSPS) is 11.7. The minimum absolute atomic E-state index is 0.0433. The standard InChI is InChI=1S/C21H15BrClF3N2O4S/c22-13-1-4-15(5-2-13)28-33(30,31)17-8-6-16(7-9-17)32-12-20(29)27-19-10-3-14(23)11-18(19)21(24,25)26/h1-11,28H,12H2,(H,27,29). The van der Waals surface area contributed by atoms with Gasteiger partial charge in [-0.05, 0) is 66.7 Å². The van der Waals surface area contributed by atoms with E-state index in [2.05, 4.69) is 26.0 Å². The van der Waals surface area contributed by atoms with Crippen LogP contribution in [-0.4, -0.2) is 20.9 Å². The number of alkyl halides is 3. The topological polar surface area (TPSA) is 84.5 Å². The lowest BCUT2D eigenvalue weighted by Gasteiger charge is -2.14. The first-order valence-corrected chi connectivity index (χ1v) is 11.8. The maximum absolute atomic E-state index is 13.1. The van der Waals surface area contributed by atoms with Gasteiger partial charge in [0.05, 0.1) is 16.1 Å². The molecule has 3 rings (SSSR count). The van der Waals surface area contributed by atoms with Crippen molar-refractivity contribution in [2.75, 3.05) is 16.6 Å². The fourth-order valence-electron chi connectivity index (χ4n) is 2.64. The molecule has 3 aromatic rings. The predicted molar refractivity (Wildman–Crippen MR) is 122 cm³/mol. The van der Waals surface area contributed by atoms with E-state index in [0.717, 1.165) is 10.5 Å². The summed E-state index contributed by atoms with van der Waals surface area (Å²) >= 11 is 8.87.